The van der Waals surface area contributed by atoms with Gasteiger partial charge in [0.25, 0.3) is 0 Å². The summed E-state index contributed by atoms with van der Waals surface area (Å²) in [5, 5.41) is 0. The average molecular weight is 302 g/mol. The molecular weight excluding hydrogens is 284 g/mol. The van der Waals surface area contributed by atoms with E-state index in [1.165, 1.54) is 0 Å². The van der Waals surface area contributed by atoms with Crippen molar-refractivity contribution in [2.45, 2.75) is 6.54 Å². The highest BCUT2D eigenvalue weighted by Gasteiger charge is 2.11. The fourth-order valence-corrected chi connectivity index (χ4v) is 3.03. The zero-order valence-corrected chi connectivity index (χ0v) is 12.5. The van der Waals surface area contributed by atoms with Crippen LogP contribution in [0.3, 0.4) is 0 Å². The number of thioether (sulfide) groups is 1. The first-order valence-electron chi connectivity index (χ1n) is 6.89. The molecule has 110 valence electrons. The number of hydrogen-bond donors (Lipinski definition) is 1. The normalized spacial score (nSPS) is 16.2. The Labute approximate surface area is 128 Å². The predicted octanol–water partition coefficient (Wildman–Crippen LogP) is 1.13. The lowest BCUT2D eigenvalue weighted by molar-refractivity contribution is 0.455. The lowest BCUT2D eigenvalue weighted by atomic mass is 10.3. The zero-order chi connectivity index (χ0) is 14.5. The van der Waals surface area contributed by atoms with Crippen LogP contribution < -0.4 is 5.73 Å². The van der Waals surface area contributed by atoms with Crippen LogP contribution >= 0.6 is 11.8 Å². The molecule has 1 fully saturated rings. The SMILES string of the molecule is NC(=NCc1ccc(-n2ccnc2)nc1)N1CCSCC1. The highest BCUT2D eigenvalue weighted by atomic mass is 32.2. The maximum atomic E-state index is 6.04. The van der Waals surface area contributed by atoms with Crippen molar-refractivity contribution in [1.82, 2.24) is 19.4 Å². The number of aromatic nitrogens is 3. The maximum absolute atomic E-state index is 6.04. The minimum Gasteiger partial charge on any atom is -0.370 e. The van der Waals surface area contributed by atoms with Gasteiger partial charge < -0.3 is 10.6 Å². The molecule has 2 aromatic heterocycles. The van der Waals surface area contributed by atoms with Gasteiger partial charge in [-0.2, -0.15) is 11.8 Å². The van der Waals surface area contributed by atoms with Gasteiger partial charge in [0, 0.05) is 43.2 Å². The van der Waals surface area contributed by atoms with Gasteiger partial charge in [-0.3, -0.25) is 4.57 Å². The first-order valence-corrected chi connectivity index (χ1v) is 8.04. The van der Waals surface area contributed by atoms with Crippen LogP contribution in [-0.2, 0) is 6.54 Å². The summed E-state index contributed by atoms with van der Waals surface area (Å²) in [6.45, 7) is 2.53. The Hall–Kier alpha value is -2.02. The second-order valence-electron chi connectivity index (χ2n) is 4.77. The molecule has 21 heavy (non-hydrogen) atoms. The lowest BCUT2D eigenvalue weighted by Crippen LogP contribution is -2.42. The Kier molecular flexibility index (Phi) is 4.40. The summed E-state index contributed by atoms with van der Waals surface area (Å²) >= 11 is 1.96. The van der Waals surface area contributed by atoms with E-state index >= 15 is 0 Å². The number of imidazole rings is 1. The van der Waals surface area contributed by atoms with Gasteiger partial charge in [0.1, 0.15) is 12.1 Å². The van der Waals surface area contributed by atoms with E-state index in [0.29, 0.717) is 12.5 Å². The lowest BCUT2D eigenvalue weighted by Gasteiger charge is -2.27. The first-order chi connectivity index (χ1) is 10.3. The zero-order valence-electron chi connectivity index (χ0n) is 11.7. The number of pyridine rings is 1. The molecule has 0 atom stereocenters. The quantitative estimate of drug-likeness (QED) is 0.680. The minimum absolute atomic E-state index is 0.562. The number of hydrogen-bond acceptors (Lipinski definition) is 4. The Morgan fingerprint density at radius 1 is 1.33 bits per heavy atom. The van der Waals surface area contributed by atoms with E-state index in [-0.39, 0.29) is 0 Å². The van der Waals surface area contributed by atoms with Gasteiger partial charge in [0.2, 0.25) is 0 Å². The second kappa shape index (κ2) is 6.62. The van der Waals surface area contributed by atoms with Gasteiger partial charge >= 0.3 is 0 Å². The van der Waals surface area contributed by atoms with Crippen LogP contribution in [0.15, 0.2) is 42.0 Å². The van der Waals surface area contributed by atoms with Crippen molar-refractivity contribution in [3.63, 3.8) is 0 Å². The van der Waals surface area contributed by atoms with Gasteiger partial charge in [-0.25, -0.2) is 15.0 Å². The number of nitrogens with zero attached hydrogens (tertiary/aromatic N) is 5. The molecule has 3 heterocycles. The van der Waals surface area contributed by atoms with Gasteiger partial charge in [-0.15, -0.1) is 0 Å². The number of rotatable bonds is 3. The smallest absolute Gasteiger partial charge is 0.191 e. The summed E-state index contributed by atoms with van der Waals surface area (Å²) in [6, 6.07) is 3.98. The molecule has 0 bridgehead atoms. The third-order valence-electron chi connectivity index (χ3n) is 3.34. The second-order valence-corrected chi connectivity index (χ2v) is 5.99. The molecule has 1 aliphatic heterocycles. The van der Waals surface area contributed by atoms with E-state index in [1.807, 2.05) is 40.9 Å². The van der Waals surface area contributed by atoms with E-state index in [2.05, 4.69) is 19.9 Å². The molecule has 0 radical (unpaired) electrons. The Morgan fingerprint density at radius 2 is 2.19 bits per heavy atom. The van der Waals surface area contributed by atoms with Crippen molar-refractivity contribution >= 4 is 17.7 Å². The standard InChI is InChI=1S/C14H18N6S/c15-14(19-5-7-21-8-6-19)18-10-12-1-2-13(17-9-12)20-4-3-16-11-20/h1-4,9,11H,5-8,10H2,(H2,15,18). The Bertz CT molecular complexity index is 586. The first kappa shape index (κ1) is 13.9. The molecule has 1 aliphatic rings. The van der Waals surface area contributed by atoms with Crippen LogP contribution in [0.4, 0.5) is 0 Å². The molecule has 6 nitrogen and oxygen atoms in total. The molecular formula is C14H18N6S. The number of guanidine groups is 1. The third-order valence-corrected chi connectivity index (χ3v) is 4.28. The molecule has 0 aromatic carbocycles. The average Bonchev–Trinajstić information content (AvgIpc) is 3.08. The molecule has 0 amide bonds. The molecule has 3 rings (SSSR count). The van der Waals surface area contributed by atoms with Gasteiger partial charge in [-0.1, -0.05) is 6.07 Å². The molecule has 2 aromatic rings. The maximum Gasteiger partial charge on any atom is 0.191 e. The molecule has 0 unspecified atom stereocenters. The molecule has 0 spiro atoms. The third kappa shape index (κ3) is 3.55. The molecule has 0 aliphatic carbocycles. The van der Waals surface area contributed by atoms with Gasteiger partial charge in [-0.05, 0) is 11.6 Å². The molecule has 1 saturated heterocycles. The van der Waals surface area contributed by atoms with E-state index in [4.69, 9.17) is 5.73 Å². The van der Waals surface area contributed by atoms with Crippen LogP contribution in [0.5, 0.6) is 0 Å². The highest BCUT2D eigenvalue weighted by molar-refractivity contribution is 7.99. The fraction of sp³-hybridized carbons (Fsp3) is 0.357. The highest BCUT2D eigenvalue weighted by Crippen LogP contribution is 2.10. The van der Waals surface area contributed by atoms with Crippen LogP contribution in [0, 0.1) is 0 Å². The van der Waals surface area contributed by atoms with Crippen LogP contribution in [0.2, 0.25) is 0 Å². The van der Waals surface area contributed by atoms with E-state index in [9.17, 15) is 0 Å². The van der Waals surface area contributed by atoms with Gasteiger partial charge in [0.05, 0.1) is 6.54 Å². The molecule has 7 heteroatoms. The summed E-state index contributed by atoms with van der Waals surface area (Å²) in [7, 11) is 0. The number of aliphatic imine (C=N–C) groups is 1. The Morgan fingerprint density at radius 3 is 2.86 bits per heavy atom. The molecule has 2 N–H and O–H groups in total. The topological polar surface area (TPSA) is 72.3 Å². The summed E-state index contributed by atoms with van der Waals surface area (Å²) in [4.78, 5) is 15.0. The summed E-state index contributed by atoms with van der Waals surface area (Å²) in [5.41, 5.74) is 7.09. The van der Waals surface area contributed by atoms with Crippen molar-refractivity contribution in [3.05, 3.63) is 42.6 Å². The van der Waals surface area contributed by atoms with Crippen molar-refractivity contribution in [3.8, 4) is 5.82 Å². The van der Waals surface area contributed by atoms with Crippen LogP contribution in [0.25, 0.3) is 5.82 Å². The summed E-state index contributed by atoms with van der Waals surface area (Å²) < 4.78 is 1.87. The van der Waals surface area contributed by atoms with E-state index in [1.54, 1.807) is 12.5 Å². The van der Waals surface area contributed by atoms with E-state index in [0.717, 1.165) is 36.0 Å². The van der Waals surface area contributed by atoms with Crippen molar-refractivity contribution in [2.75, 3.05) is 24.6 Å². The van der Waals surface area contributed by atoms with Crippen LogP contribution in [-0.4, -0.2) is 50.0 Å². The van der Waals surface area contributed by atoms with E-state index < -0.39 is 0 Å². The molecule has 0 saturated carbocycles. The minimum atomic E-state index is 0.562. The van der Waals surface area contributed by atoms with Gasteiger partial charge in [0.15, 0.2) is 5.96 Å². The van der Waals surface area contributed by atoms with Crippen LogP contribution in [0.1, 0.15) is 5.56 Å². The monoisotopic (exact) mass is 302 g/mol. The summed E-state index contributed by atoms with van der Waals surface area (Å²) in [6.07, 6.45) is 7.16. The Balaban J connectivity index is 1.62. The van der Waals surface area contributed by atoms with Crippen molar-refractivity contribution in [1.29, 1.82) is 0 Å². The van der Waals surface area contributed by atoms with Crippen molar-refractivity contribution in [2.24, 2.45) is 10.7 Å². The number of nitrogens with two attached hydrogens (primary N) is 1. The van der Waals surface area contributed by atoms with Crippen molar-refractivity contribution < 1.29 is 0 Å². The summed E-state index contributed by atoms with van der Waals surface area (Å²) in [5.74, 6) is 3.73. The largest absolute Gasteiger partial charge is 0.370 e. The predicted molar refractivity (Wildman–Crippen MR) is 85.6 cm³/mol. The fourth-order valence-electron chi connectivity index (χ4n) is 2.12.